The Morgan fingerprint density at radius 2 is 1.86 bits per heavy atom. The predicted octanol–water partition coefficient (Wildman–Crippen LogP) is 3.18. The summed E-state index contributed by atoms with van der Waals surface area (Å²) < 4.78 is 5.10. The van der Waals surface area contributed by atoms with Gasteiger partial charge in [-0.05, 0) is 18.3 Å². The monoisotopic (exact) mass is 198 g/mol. The number of carbonyl (C=O) groups excluding carboxylic acids is 1. The van der Waals surface area contributed by atoms with Gasteiger partial charge >= 0.3 is 5.97 Å². The zero-order chi connectivity index (χ0) is 11.4. The molecule has 0 aromatic carbocycles. The first kappa shape index (κ1) is 13.2. The van der Waals surface area contributed by atoms with Gasteiger partial charge in [0.1, 0.15) is 0 Å². The molecular formula is C12H22O2. The Kier molecular flexibility index (Phi) is 4.89. The molecule has 0 bridgehead atoms. The average Bonchev–Trinajstić information content (AvgIpc) is 1.96. The van der Waals surface area contributed by atoms with E-state index in [2.05, 4.69) is 20.8 Å². The molecule has 0 saturated carbocycles. The minimum Gasteiger partial charge on any atom is -0.462 e. The molecule has 0 spiro atoms. The summed E-state index contributed by atoms with van der Waals surface area (Å²) in [4.78, 5) is 11.4. The average molecular weight is 198 g/mol. The normalized spacial score (nSPS) is 13.2. The van der Waals surface area contributed by atoms with Crippen LogP contribution in [-0.2, 0) is 9.53 Å². The molecule has 82 valence electrons. The molecule has 0 atom stereocenters. The summed E-state index contributed by atoms with van der Waals surface area (Å²) in [5, 5.41) is 0. The Labute approximate surface area is 87.3 Å². The molecular weight excluding hydrogens is 176 g/mol. The maximum Gasteiger partial charge on any atom is 0.333 e. The highest BCUT2D eigenvalue weighted by Gasteiger charge is 2.12. The summed E-state index contributed by atoms with van der Waals surface area (Å²) in [5.41, 5.74) is 0.721. The van der Waals surface area contributed by atoms with E-state index in [1.165, 1.54) is 0 Å². The van der Waals surface area contributed by atoms with Crippen molar-refractivity contribution in [2.75, 3.05) is 6.61 Å². The second-order valence-electron chi connectivity index (χ2n) is 5.19. The van der Waals surface area contributed by atoms with E-state index in [4.69, 9.17) is 4.74 Å². The van der Waals surface area contributed by atoms with E-state index in [0.717, 1.165) is 0 Å². The third-order valence-corrected chi connectivity index (χ3v) is 1.52. The molecule has 0 radical (unpaired) electrons. The van der Waals surface area contributed by atoms with E-state index in [1.807, 2.05) is 19.9 Å². The third kappa shape index (κ3) is 6.70. The molecule has 0 fully saturated rings. The van der Waals surface area contributed by atoms with Crippen LogP contribution in [0.1, 0.15) is 41.5 Å². The van der Waals surface area contributed by atoms with Crippen LogP contribution >= 0.6 is 0 Å². The van der Waals surface area contributed by atoms with E-state index >= 15 is 0 Å². The fourth-order valence-electron chi connectivity index (χ4n) is 1.06. The highest BCUT2D eigenvalue weighted by molar-refractivity contribution is 5.87. The standard InChI is InChI=1S/C12H22O2/c1-9(2)8-14-11(13)10(3)7-12(4,5)6/h7,9H,8H2,1-6H3. The Morgan fingerprint density at radius 3 is 2.21 bits per heavy atom. The lowest BCUT2D eigenvalue weighted by Gasteiger charge is -2.14. The Hall–Kier alpha value is -0.790. The van der Waals surface area contributed by atoms with Crippen LogP contribution in [0.5, 0.6) is 0 Å². The van der Waals surface area contributed by atoms with Gasteiger partial charge in [0.15, 0.2) is 0 Å². The van der Waals surface area contributed by atoms with Crippen molar-refractivity contribution in [1.82, 2.24) is 0 Å². The first-order chi connectivity index (χ1) is 6.22. The van der Waals surface area contributed by atoms with Crippen LogP contribution in [0.15, 0.2) is 11.6 Å². The Morgan fingerprint density at radius 1 is 1.36 bits per heavy atom. The summed E-state index contributed by atoms with van der Waals surface area (Å²) in [6.07, 6.45) is 1.94. The molecule has 0 saturated heterocycles. The summed E-state index contributed by atoms with van der Waals surface area (Å²) in [7, 11) is 0. The Balaban J connectivity index is 4.20. The Bertz CT molecular complexity index is 219. The molecule has 0 rings (SSSR count). The molecule has 2 nitrogen and oxygen atoms in total. The SMILES string of the molecule is CC(=CC(C)(C)C)C(=O)OCC(C)C. The van der Waals surface area contributed by atoms with E-state index in [-0.39, 0.29) is 11.4 Å². The van der Waals surface area contributed by atoms with Crippen molar-refractivity contribution in [2.24, 2.45) is 11.3 Å². The molecule has 0 amide bonds. The van der Waals surface area contributed by atoms with E-state index in [0.29, 0.717) is 18.1 Å². The van der Waals surface area contributed by atoms with Gasteiger partial charge in [-0.15, -0.1) is 0 Å². The molecule has 2 heteroatoms. The maximum atomic E-state index is 11.4. The van der Waals surface area contributed by atoms with Crippen LogP contribution in [0.3, 0.4) is 0 Å². The topological polar surface area (TPSA) is 26.3 Å². The van der Waals surface area contributed by atoms with Gasteiger partial charge in [0.2, 0.25) is 0 Å². The second-order valence-corrected chi connectivity index (χ2v) is 5.19. The van der Waals surface area contributed by atoms with Crippen molar-refractivity contribution in [1.29, 1.82) is 0 Å². The largest absolute Gasteiger partial charge is 0.462 e. The molecule has 0 unspecified atom stereocenters. The molecule has 0 N–H and O–H groups in total. The molecule has 0 aliphatic carbocycles. The lowest BCUT2D eigenvalue weighted by atomic mass is 9.94. The number of allylic oxidation sites excluding steroid dienone is 1. The summed E-state index contributed by atoms with van der Waals surface area (Å²) in [6.45, 7) is 12.5. The van der Waals surface area contributed by atoms with Gasteiger partial charge in [0.25, 0.3) is 0 Å². The molecule has 0 heterocycles. The first-order valence-corrected chi connectivity index (χ1v) is 5.09. The lowest BCUT2D eigenvalue weighted by Crippen LogP contribution is -2.12. The molecule has 0 aliphatic heterocycles. The summed E-state index contributed by atoms with van der Waals surface area (Å²) in [6, 6.07) is 0. The van der Waals surface area contributed by atoms with Crippen molar-refractivity contribution in [3.8, 4) is 0 Å². The summed E-state index contributed by atoms with van der Waals surface area (Å²) in [5.74, 6) is 0.190. The van der Waals surface area contributed by atoms with Gasteiger partial charge in [-0.1, -0.05) is 40.7 Å². The predicted molar refractivity (Wildman–Crippen MR) is 59.0 cm³/mol. The van der Waals surface area contributed by atoms with E-state index in [1.54, 1.807) is 6.92 Å². The van der Waals surface area contributed by atoms with Crippen LogP contribution in [0.4, 0.5) is 0 Å². The lowest BCUT2D eigenvalue weighted by molar-refractivity contribution is -0.140. The maximum absolute atomic E-state index is 11.4. The molecule has 0 aromatic rings. The zero-order valence-corrected chi connectivity index (χ0v) is 10.2. The molecule has 14 heavy (non-hydrogen) atoms. The summed E-state index contributed by atoms with van der Waals surface area (Å²) >= 11 is 0. The van der Waals surface area contributed by atoms with Crippen LogP contribution in [0.2, 0.25) is 0 Å². The third-order valence-electron chi connectivity index (χ3n) is 1.52. The second kappa shape index (κ2) is 5.18. The van der Waals surface area contributed by atoms with Crippen LogP contribution in [0, 0.1) is 11.3 Å². The van der Waals surface area contributed by atoms with E-state index in [9.17, 15) is 4.79 Å². The zero-order valence-electron chi connectivity index (χ0n) is 10.2. The van der Waals surface area contributed by atoms with Gasteiger partial charge in [-0.2, -0.15) is 0 Å². The number of carbonyl (C=O) groups is 1. The first-order valence-electron chi connectivity index (χ1n) is 5.09. The van der Waals surface area contributed by atoms with Gasteiger partial charge < -0.3 is 4.74 Å². The van der Waals surface area contributed by atoms with Crippen LogP contribution < -0.4 is 0 Å². The number of ether oxygens (including phenoxy) is 1. The van der Waals surface area contributed by atoms with E-state index < -0.39 is 0 Å². The molecule has 0 aromatic heterocycles. The van der Waals surface area contributed by atoms with Crippen molar-refractivity contribution in [3.05, 3.63) is 11.6 Å². The van der Waals surface area contributed by atoms with Crippen LogP contribution in [0.25, 0.3) is 0 Å². The fraction of sp³-hybridized carbons (Fsp3) is 0.750. The number of rotatable bonds is 3. The van der Waals surface area contributed by atoms with Gasteiger partial charge in [0.05, 0.1) is 6.61 Å². The minimum absolute atomic E-state index is 0.0287. The quantitative estimate of drug-likeness (QED) is 0.514. The van der Waals surface area contributed by atoms with Crippen LogP contribution in [-0.4, -0.2) is 12.6 Å². The van der Waals surface area contributed by atoms with Gasteiger partial charge in [0, 0.05) is 5.57 Å². The highest BCUT2D eigenvalue weighted by Crippen LogP contribution is 2.17. The fourth-order valence-corrected chi connectivity index (χ4v) is 1.06. The number of hydrogen-bond acceptors (Lipinski definition) is 2. The molecule has 0 aliphatic rings. The van der Waals surface area contributed by atoms with Crippen molar-refractivity contribution < 1.29 is 9.53 Å². The van der Waals surface area contributed by atoms with Crippen molar-refractivity contribution in [3.63, 3.8) is 0 Å². The van der Waals surface area contributed by atoms with Crippen molar-refractivity contribution in [2.45, 2.75) is 41.5 Å². The highest BCUT2D eigenvalue weighted by atomic mass is 16.5. The smallest absolute Gasteiger partial charge is 0.333 e. The van der Waals surface area contributed by atoms with Gasteiger partial charge in [-0.3, -0.25) is 0 Å². The minimum atomic E-state index is -0.200. The number of hydrogen-bond donors (Lipinski definition) is 0. The van der Waals surface area contributed by atoms with Crippen molar-refractivity contribution >= 4 is 5.97 Å². The number of esters is 1. The van der Waals surface area contributed by atoms with Gasteiger partial charge in [-0.25, -0.2) is 4.79 Å².